The fourth-order valence-corrected chi connectivity index (χ4v) is 4.87. The van der Waals surface area contributed by atoms with Crippen molar-refractivity contribution in [2.45, 2.75) is 25.0 Å². The van der Waals surface area contributed by atoms with Crippen LogP contribution in [0.2, 0.25) is 0 Å². The molecule has 8 heteroatoms. The number of aryl methyl sites for hydroxylation is 1. The number of halogens is 1. The average Bonchev–Trinajstić information content (AvgIpc) is 3.31. The molecule has 5 nitrogen and oxygen atoms in total. The first-order valence-corrected chi connectivity index (χ1v) is 11.4. The van der Waals surface area contributed by atoms with Crippen molar-refractivity contribution in [1.82, 2.24) is 15.5 Å². The Labute approximate surface area is 175 Å². The molecule has 0 atom stereocenters. The second kappa shape index (κ2) is 10.6. The minimum absolute atomic E-state index is 0.0669. The van der Waals surface area contributed by atoms with Gasteiger partial charge in [-0.2, -0.15) is 16.7 Å². The van der Waals surface area contributed by atoms with Gasteiger partial charge in [-0.3, -0.25) is 4.79 Å². The van der Waals surface area contributed by atoms with E-state index in [0.717, 1.165) is 20.9 Å². The van der Waals surface area contributed by atoms with Crippen molar-refractivity contribution in [3.8, 4) is 11.4 Å². The summed E-state index contributed by atoms with van der Waals surface area (Å²) in [6.45, 7) is 0.689. The summed E-state index contributed by atoms with van der Waals surface area (Å²) in [4.78, 5) is 17.6. The van der Waals surface area contributed by atoms with E-state index in [0.29, 0.717) is 37.5 Å². The summed E-state index contributed by atoms with van der Waals surface area (Å²) in [5.41, 5.74) is 0.928. The predicted octanol–water partition coefficient (Wildman–Crippen LogP) is 4.93. The lowest BCUT2D eigenvalue weighted by Gasteiger charge is -2.04. The number of benzene rings is 1. The normalized spacial score (nSPS) is 10.9. The van der Waals surface area contributed by atoms with Crippen LogP contribution in [0.4, 0.5) is 0 Å². The molecule has 0 aliphatic rings. The first-order chi connectivity index (χ1) is 13.2. The van der Waals surface area contributed by atoms with E-state index >= 15 is 0 Å². The van der Waals surface area contributed by atoms with Crippen LogP contribution in [0, 0.1) is 0 Å². The van der Waals surface area contributed by atoms with Crippen molar-refractivity contribution < 1.29 is 9.32 Å². The number of thioether (sulfide) groups is 1. The summed E-state index contributed by atoms with van der Waals surface area (Å²) in [5, 5.41) is 6.95. The van der Waals surface area contributed by atoms with Crippen LogP contribution in [0.3, 0.4) is 0 Å². The quantitative estimate of drug-likeness (QED) is 0.429. The van der Waals surface area contributed by atoms with Gasteiger partial charge in [-0.25, -0.2) is 0 Å². The Morgan fingerprint density at radius 1 is 1.22 bits per heavy atom. The van der Waals surface area contributed by atoms with Crippen molar-refractivity contribution in [3.63, 3.8) is 0 Å². The SMILES string of the molecule is O=C(CCCc1nc(-c2ccccc2)no1)NCCSCc1ccc(Br)s1. The number of rotatable bonds is 10. The zero-order chi connectivity index (χ0) is 18.9. The van der Waals surface area contributed by atoms with E-state index in [1.807, 2.05) is 42.1 Å². The first-order valence-electron chi connectivity index (χ1n) is 8.67. The van der Waals surface area contributed by atoms with E-state index < -0.39 is 0 Å². The number of amides is 1. The van der Waals surface area contributed by atoms with E-state index in [9.17, 15) is 4.79 Å². The van der Waals surface area contributed by atoms with Crippen LogP contribution in [0.1, 0.15) is 23.6 Å². The molecule has 0 saturated heterocycles. The first kappa shape index (κ1) is 20.1. The molecular weight excluding hydrogens is 446 g/mol. The number of carbonyl (C=O) groups is 1. The molecule has 2 aromatic heterocycles. The minimum Gasteiger partial charge on any atom is -0.355 e. The van der Waals surface area contributed by atoms with Gasteiger partial charge >= 0.3 is 0 Å². The summed E-state index contributed by atoms with van der Waals surface area (Å²) < 4.78 is 6.42. The molecule has 0 aliphatic carbocycles. The van der Waals surface area contributed by atoms with Gasteiger partial charge < -0.3 is 9.84 Å². The summed E-state index contributed by atoms with van der Waals surface area (Å²) in [6.07, 6.45) is 1.76. The van der Waals surface area contributed by atoms with Crippen molar-refractivity contribution in [1.29, 1.82) is 0 Å². The van der Waals surface area contributed by atoms with Gasteiger partial charge in [0, 0.05) is 41.3 Å². The monoisotopic (exact) mass is 465 g/mol. The highest BCUT2D eigenvalue weighted by Gasteiger charge is 2.09. The third-order valence-electron chi connectivity index (χ3n) is 3.74. The molecule has 142 valence electrons. The number of hydrogen-bond acceptors (Lipinski definition) is 6. The Hall–Kier alpha value is -1.64. The molecule has 1 N–H and O–H groups in total. The Bertz CT molecular complexity index is 852. The number of hydrogen-bond donors (Lipinski definition) is 1. The van der Waals surface area contributed by atoms with Crippen LogP contribution in [0.15, 0.2) is 50.8 Å². The Kier molecular flexibility index (Phi) is 7.92. The second-order valence-corrected chi connectivity index (χ2v) is 9.49. The smallest absolute Gasteiger partial charge is 0.226 e. The van der Waals surface area contributed by atoms with E-state index in [4.69, 9.17) is 4.52 Å². The van der Waals surface area contributed by atoms with Crippen LogP contribution in [0.25, 0.3) is 11.4 Å². The molecule has 1 aromatic carbocycles. The molecule has 0 saturated carbocycles. The Morgan fingerprint density at radius 3 is 2.85 bits per heavy atom. The van der Waals surface area contributed by atoms with Gasteiger partial charge in [0.25, 0.3) is 0 Å². The average molecular weight is 466 g/mol. The molecular formula is C19H20BrN3O2S2. The molecule has 2 heterocycles. The fraction of sp³-hybridized carbons (Fsp3) is 0.316. The third kappa shape index (κ3) is 6.79. The number of aromatic nitrogens is 2. The molecule has 0 fully saturated rings. The number of nitrogens with zero attached hydrogens (tertiary/aromatic N) is 2. The number of thiophene rings is 1. The molecule has 3 rings (SSSR count). The van der Waals surface area contributed by atoms with Gasteiger partial charge in [0.05, 0.1) is 3.79 Å². The van der Waals surface area contributed by atoms with Crippen LogP contribution in [-0.2, 0) is 17.0 Å². The minimum atomic E-state index is 0.0669. The zero-order valence-corrected chi connectivity index (χ0v) is 17.9. The predicted molar refractivity (Wildman–Crippen MR) is 114 cm³/mol. The lowest BCUT2D eigenvalue weighted by molar-refractivity contribution is -0.121. The van der Waals surface area contributed by atoms with Gasteiger partial charge in [-0.1, -0.05) is 35.5 Å². The number of carbonyl (C=O) groups excluding carboxylic acids is 1. The highest BCUT2D eigenvalue weighted by atomic mass is 79.9. The zero-order valence-electron chi connectivity index (χ0n) is 14.7. The van der Waals surface area contributed by atoms with Gasteiger partial charge in [-0.15, -0.1) is 11.3 Å². The van der Waals surface area contributed by atoms with Gasteiger partial charge in [-0.05, 0) is 34.5 Å². The molecule has 0 spiro atoms. The summed E-state index contributed by atoms with van der Waals surface area (Å²) in [5.74, 6) is 3.11. The van der Waals surface area contributed by atoms with Crippen molar-refractivity contribution in [2.75, 3.05) is 12.3 Å². The largest absolute Gasteiger partial charge is 0.355 e. The van der Waals surface area contributed by atoms with Gasteiger partial charge in [0.15, 0.2) is 0 Å². The maximum absolute atomic E-state index is 11.9. The standard InChI is InChI=1S/C19H20BrN3O2S2/c20-16-10-9-15(27-16)13-26-12-11-21-17(24)7-4-8-18-22-19(23-25-18)14-5-2-1-3-6-14/h1-3,5-6,9-10H,4,7-8,11-13H2,(H,21,24). The van der Waals surface area contributed by atoms with Crippen molar-refractivity contribution in [3.05, 3.63) is 57.0 Å². The molecule has 0 aliphatic heterocycles. The highest BCUT2D eigenvalue weighted by Crippen LogP contribution is 2.25. The Balaban J connectivity index is 1.28. The van der Waals surface area contributed by atoms with Gasteiger partial charge in [0.2, 0.25) is 17.6 Å². The van der Waals surface area contributed by atoms with E-state index in [2.05, 4.69) is 43.5 Å². The van der Waals surface area contributed by atoms with E-state index in [1.54, 1.807) is 11.3 Å². The van der Waals surface area contributed by atoms with Crippen LogP contribution < -0.4 is 5.32 Å². The van der Waals surface area contributed by atoms with E-state index in [1.165, 1.54) is 4.88 Å². The van der Waals surface area contributed by atoms with Crippen LogP contribution in [-0.4, -0.2) is 28.3 Å². The van der Waals surface area contributed by atoms with Gasteiger partial charge in [0.1, 0.15) is 0 Å². The summed E-state index contributed by atoms with van der Waals surface area (Å²) in [7, 11) is 0. The lowest BCUT2D eigenvalue weighted by atomic mass is 10.2. The summed E-state index contributed by atoms with van der Waals surface area (Å²) >= 11 is 7.04. The molecule has 0 bridgehead atoms. The van der Waals surface area contributed by atoms with Crippen LogP contribution >= 0.6 is 39.0 Å². The second-order valence-electron chi connectivity index (χ2n) is 5.84. The lowest BCUT2D eigenvalue weighted by Crippen LogP contribution is -2.25. The maximum Gasteiger partial charge on any atom is 0.226 e. The molecule has 0 unspecified atom stereocenters. The number of nitrogens with one attached hydrogen (secondary N) is 1. The maximum atomic E-state index is 11.9. The molecule has 27 heavy (non-hydrogen) atoms. The van der Waals surface area contributed by atoms with E-state index in [-0.39, 0.29) is 5.91 Å². The molecule has 3 aromatic rings. The van der Waals surface area contributed by atoms with Crippen molar-refractivity contribution in [2.24, 2.45) is 0 Å². The third-order valence-corrected chi connectivity index (χ3v) is 6.55. The Morgan fingerprint density at radius 2 is 2.07 bits per heavy atom. The molecule has 1 amide bonds. The fourth-order valence-electron chi connectivity index (χ4n) is 2.41. The molecule has 0 radical (unpaired) electrons. The van der Waals surface area contributed by atoms with Crippen molar-refractivity contribution >= 4 is 44.9 Å². The highest BCUT2D eigenvalue weighted by molar-refractivity contribution is 9.11. The topological polar surface area (TPSA) is 68.0 Å². The summed E-state index contributed by atoms with van der Waals surface area (Å²) in [6, 6.07) is 13.9. The van der Waals surface area contributed by atoms with Crippen LogP contribution in [0.5, 0.6) is 0 Å².